The van der Waals surface area contributed by atoms with Crippen molar-refractivity contribution in [2.45, 2.75) is 65.5 Å². The number of aromatic nitrogens is 2. The maximum absolute atomic E-state index is 12.3. The van der Waals surface area contributed by atoms with Gasteiger partial charge in [-0.3, -0.25) is 9.59 Å². The number of rotatable bonds is 11. The summed E-state index contributed by atoms with van der Waals surface area (Å²) in [6, 6.07) is 11.2. The highest BCUT2D eigenvalue weighted by atomic mass is 79.9. The van der Waals surface area contributed by atoms with E-state index in [9.17, 15) is 19.8 Å². The summed E-state index contributed by atoms with van der Waals surface area (Å²) < 4.78 is 5.11. The molecule has 2 heterocycles. The van der Waals surface area contributed by atoms with E-state index in [1.54, 1.807) is 9.13 Å². The summed E-state index contributed by atoms with van der Waals surface area (Å²) >= 11 is 6.86. The topological polar surface area (TPSA) is 134 Å². The second-order valence-electron chi connectivity index (χ2n) is 9.26. The molecule has 0 aliphatic heterocycles. The molecule has 2 N–H and O–H groups in total. The van der Waals surface area contributed by atoms with E-state index < -0.39 is 0 Å². The minimum atomic E-state index is -0.366. The van der Waals surface area contributed by atoms with E-state index in [1.807, 2.05) is 50.2 Å². The summed E-state index contributed by atoms with van der Waals surface area (Å²) in [5.74, 6) is -0.773. The van der Waals surface area contributed by atoms with Crippen molar-refractivity contribution in [1.82, 2.24) is 9.13 Å². The third-order valence-corrected chi connectivity index (χ3v) is 7.62. The quantitative estimate of drug-likeness (QED) is 0.121. The van der Waals surface area contributed by atoms with Crippen LogP contribution in [0.25, 0.3) is 21.8 Å². The smallest absolute Gasteiger partial charge is 0.264 e. The van der Waals surface area contributed by atoms with Crippen LogP contribution in [0.4, 0.5) is 11.4 Å². The summed E-state index contributed by atoms with van der Waals surface area (Å²) in [7, 11) is 0. The molecule has 0 saturated heterocycles. The zero-order chi connectivity index (χ0) is 28.8. The lowest BCUT2D eigenvalue weighted by Gasteiger charge is -2.01. The van der Waals surface area contributed by atoms with Crippen molar-refractivity contribution in [2.75, 3.05) is 0 Å². The highest BCUT2D eigenvalue weighted by molar-refractivity contribution is 9.10. The first-order valence-corrected chi connectivity index (χ1v) is 14.7. The van der Waals surface area contributed by atoms with Crippen LogP contribution < -0.4 is 0 Å². The van der Waals surface area contributed by atoms with Gasteiger partial charge in [0, 0.05) is 45.6 Å². The van der Waals surface area contributed by atoms with E-state index in [4.69, 9.17) is 0 Å². The summed E-state index contributed by atoms with van der Waals surface area (Å²) in [6.07, 6.45) is 3.17. The minimum absolute atomic E-state index is 0.0202. The van der Waals surface area contributed by atoms with Gasteiger partial charge in [-0.15, -0.1) is 20.5 Å². The molecule has 2 aromatic heterocycles. The Hall–Kier alpha value is -3.38. The lowest BCUT2D eigenvalue weighted by Crippen LogP contribution is -1.94. The number of nitrogens with zero attached hydrogens (tertiary/aromatic N) is 6. The third kappa shape index (κ3) is 6.49. The first-order chi connectivity index (χ1) is 19.2. The molecule has 0 spiro atoms. The molecular formula is C28H30Br2N6O4. The van der Waals surface area contributed by atoms with Gasteiger partial charge in [0.25, 0.3) is 11.8 Å². The largest absolute Gasteiger partial charge is 0.493 e. The van der Waals surface area contributed by atoms with Gasteiger partial charge in [-0.2, -0.15) is 0 Å². The third-order valence-electron chi connectivity index (χ3n) is 6.63. The van der Waals surface area contributed by atoms with E-state index in [-0.39, 0.29) is 47.8 Å². The number of amides is 2. The predicted molar refractivity (Wildman–Crippen MR) is 161 cm³/mol. The number of azo groups is 2. The molecule has 12 heteroatoms. The Bertz CT molecular complexity index is 1500. The average molecular weight is 674 g/mol. The Morgan fingerprint density at radius 3 is 1.48 bits per heavy atom. The van der Waals surface area contributed by atoms with Gasteiger partial charge in [0.05, 0.1) is 11.0 Å². The Kier molecular flexibility index (Phi) is 9.85. The highest BCUT2D eigenvalue weighted by Crippen LogP contribution is 2.41. The standard InChI is InChI=1S/C28H30Br2N6O4/c1-3-35-21-13-11-17(29)15-19(21)25(27(35)39)33-31-23(37)9-7-5-6-8-10-24(38)32-34-26-20-16-18(30)12-14-22(20)36(4-2)28(26)40/h11-16,39-40H,3-10H2,1-2H3. The van der Waals surface area contributed by atoms with Gasteiger partial charge in [-0.25, -0.2) is 0 Å². The van der Waals surface area contributed by atoms with Crippen molar-refractivity contribution >= 4 is 76.9 Å². The van der Waals surface area contributed by atoms with Crippen LogP contribution in [0.3, 0.4) is 0 Å². The van der Waals surface area contributed by atoms with Crippen LogP contribution in [0, 0.1) is 0 Å². The van der Waals surface area contributed by atoms with E-state index in [1.165, 1.54) is 0 Å². The van der Waals surface area contributed by atoms with Crippen molar-refractivity contribution in [3.05, 3.63) is 45.3 Å². The molecule has 0 bridgehead atoms. The molecule has 0 atom stereocenters. The fourth-order valence-corrected chi connectivity index (χ4v) is 5.37. The monoisotopic (exact) mass is 672 g/mol. The molecule has 0 unspecified atom stereocenters. The molecule has 0 saturated carbocycles. The van der Waals surface area contributed by atoms with E-state index in [0.717, 1.165) is 32.8 Å². The molecule has 0 aliphatic carbocycles. The predicted octanol–water partition coefficient (Wildman–Crippen LogP) is 8.83. The first kappa shape index (κ1) is 29.6. The van der Waals surface area contributed by atoms with Gasteiger partial charge in [0.1, 0.15) is 0 Å². The summed E-state index contributed by atoms with van der Waals surface area (Å²) in [5, 5.41) is 38.3. The van der Waals surface area contributed by atoms with Crippen LogP contribution in [0.5, 0.6) is 11.8 Å². The normalized spacial score (nSPS) is 12.0. The maximum Gasteiger partial charge on any atom is 0.264 e. The zero-order valence-electron chi connectivity index (χ0n) is 22.3. The zero-order valence-corrected chi connectivity index (χ0v) is 25.4. The lowest BCUT2D eigenvalue weighted by molar-refractivity contribution is -0.119. The lowest BCUT2D eigenvalue weighted by atomic mass is 10.1. The van der Waals surface area contributed by atoms with Crippen LogP contribution in [0.2, 0.25) is 0 Å². The molecule has 40 heavy (non-hydrogen) atoms. The first-order valence-electron chi connectivity index (χ1n) is 13.2. The number of carbonyl (C=O) groups is 2. The van der Waals surface area contributed by atoms with Crippen molar-refractivity contribution in [3.63, 3.8) is 0 Å². The number of hydrogen-bond donors (Lipinski definition) is 2. The molecule has 210 valence electrons. The van der Waals surface area contributed by atoms with E-state index in [0.29, 0.717) is 36.7 Å². The molecule has 2 aromatic carbocycles. The molecule has 0 fully saturated rings. The SMILES string of the molecule is CCn1c(O)c(N=NC(=O)CCCCCCC(=O)N=Nc2c(O)n(CC)c3ccc(Br)cc23)c2cc(Br)ccc21. The number of fused-ring (bicyclic) bond motifs is 2. The van der Waals surface area contributed by atoms with Crippen LogP contribution in [0.15, 0.2) is 65.8 Å². The van der Waals surface area contributed by atoms with Crippen LogP contribution in [0.1, 0.15) is 52.4 Å². The van der Waals surface area contributed by atoms with Gasteiger partial charge >= 0.3 is 0 Å². The van der Waals surface area contributed by atoms with Crippen molar-refractivity contribution < 1.29 is 19.8 Å². The maximum atomic E-state index is 12.3. The molecule has 4 rings (SSSR count). The Morgan fingerprint density at radius 2 is 1.10 bits per heavy atom. The van der Waals surface area contributed by atoms with Crippen molar-refractivity contribution in [1.29, 1.82) is 0 Å². The van der Waals surface area contributed by atoms with Crippen LogP contribution in [-0.2, 0) is 22.7 Å². The second-order valence-corrected chi connectivity index (χ2v) is 11.1. The van der Waals surface area contributed by atoms with Gasteiger partial charge < -0.3 is 19.3 Å². The molecule has 4 aromatic rings. The fourth-order valence-electron chi connectivity index (χ4n) is 4.65. The van der Waals surface area contributed by atoms with Gasteiger partial charge in [0.15, 0.2) is 11.4 Å². The number of halogens is 2. The Balaban J connectivity index is 1.24. The number of unbranched alkanes of at least 4 members (excludes halogenated alkanes) is 3. The second kappa shape index (κ2) is 13.3. The van der Waals surface area contributed by atoms with Gasteiger partial charge in [-0.05, 0) is 63.1 Å². The number of hydrogen-bond acceptors (Lipinski definition) is 6. The molecule has 0 radical (unpaired) electrons. The summed E-state index contributed by atoms with van der Waals surface area (Å²) in [5.41, 5.74) is 2.19. The Morgan fingerprint density at radius 1 is 0.700 bits per heavy atom. The number of aromatic hydroxyl groups is 2. The molecular weight excluding hydrogens is 644 g/mol. The van der Waals surface area contributed by atoms with Crippen molar-refractivity contribution in [3.8, 4) is 11.8 Å². The summed E-state index contributed by atoms with van der Waals surface area (Å²) in [6.45, 7) is 4.95. The molecule has 0 aliphatic rings. The number of aryl methyl sites for hydroxylation is 2. The molecule has 10 nitrogen and oxygen atoms in total. The molecule has 2 amide bonds. The van der Waals surface area contributed by atoms with Crippen LogP contribution >= 0.6 is 31.9 Å². The van der Waals surface area contributed by atoms with Crippen molar-refractivity contribution in [2.24, 2.45) is 20.5 Å². The number of benzene rings is 2. The van der Waals surface area contributed by atoms with E-state index in [2.05, 4.69) is 52.3 Å². The highest BCUT2D eigenvalue weighted by Gasteiger charge is 2.17. The fraction of sp³-hybridized carbons (Fsp3) is 0.357. The number of carbonyl (C=O) groups excluding carboxylic acids is 2. The summed E-state index contributed by atoms with van der Waals surface area (Å²) in [4.78, 5) is 24.5. The van der Waals surface area contributed by atoms with Gasteiger partial charge in [-0.1, -0.05) is 44.7 Å². The minimum Gasteiger partial charge on any atom is -0.493 e. The van der Waals surface area contributed by atoms with Crippen LogP contribution in [-0.4, -0.2) is 31.2 Å². The van der Waals surface area contributed by atoms with Gasteiger partial charge in [0.2, 0.25) is 11.8 Å². The average Bonchev–Trinajstić information content (AvgIpc) is 3.35. The Labute approximate surface area is 248 Å². The van der Waals surface area contributed by atoms with E-state index >= 15 is 0 Å².